The predicted octanol–water partition coefficient (Wildman–Crippen LogP) is 2.65. The average Bonchev–Trinajstić information content (AvgIpc) is 2.89. The molecule has 1 atom stereocenters. The Morgan fingerprint density at radius 2 is 2.00 bits per heavy atom. The van der Waals surface area contributed by atoms with Crippen molar-refractivity contribution in [1.29, 1.82) is 0 Å². The Bertz CT molecular complexity index is 454. The fraction of sp³-hybridized carbons (Fsp3) is 0.588. The van der Waals surface area contributed by atoms with Gasteiger partial charge in [-0.05, 0) is 50.8 Å². The molecule has 1 unspecified atom stereocenters. The minimum Gasteiger partial charge on any atom is -0.342 e. The summed E-state index contributed by atoms with van der Waals surface area (Å²) < 4.78 is 0. The molecule has 1 saturated heterocycles. The summed E-state index contributed by atoms with van der Waals surface area (Å²) in [6.07, 6.45) is 1.16. The highest BCUT2D eigenvalue weighted by atomic mass is 16.2. The maximum absolute atomic E-state index is 12.2. The lowest BCUT2D eigenvalue weighted by atomic mass is 9.94. The van der Waals surface area contributed by atoms with Crippen molar-refractivity contribution in [2.75, 3.05) is 32.7 Å². The van der Waals surface area contributed by atoms with E-state index < -0.39 is 0 Å². The van der Waals surface area contributed by atoms with Gasteiger partial charge in [0.15, 0.2) is 0 Å². The molecule has 1 amide bonds. The van der Waals surface area contributed by atoms with Crippen LogP contribution in [0.4, 0.5) is 0 Å². The average molecular weight is 274 g/mol. The van der Waals surface area contributed by atoms with Crippen LogP contribution < -0.4 is 0 Å². The third kappa shape index (κ3) is 3.40. The molecule has 0 bridgehead atoms. The molecule has 3 heteroatoms. The van der Waals surface area contributed by atoms with Crippen molar-refractivity contribution in [2.45, 2.75) is 33.1 Å². The topological polar surface area (TPSA) is 23.6 Å². The number of rotatable bonds is 5. The second-order valence-electron chi connectivity index (χ2n) is 5.64. The number of nitrogens with zero attached hydrogens (tertiary/aromatic N) is 2. The van der Waals surface area contributed by atoms with Gasteiger partial charge in [-0.15, -0.1) is 0 Å². The van der Waals surface area contributed by atoms with E-state index in [9.17, 15) is 4.79 Å². The van der Waals surface area contributed by atoms with Gasteiger partial charge in [-0.25, -0.2) is 0 Å². The van der Waals surface area contributed by atoms with Crippen LogP contribution in [-0.2, 0) is 4.79 Å². The zero-order chi connectivity index (χ0) is 14.5. The van der Waals surface area contributed by atoms with Gasteiger partial charge in [0, 0.05) is 19.6 Å². The molecule has 1 heterocycles. The number of benzene rings is 1. The van der Waals surface area contributed by atoms with E-state index in [2.05, 4.69) is 36.1 Å². The Hall–Kier alpha value is -1.35. The van der Waals surface area contributed by atoms with Gasteiger partial charge in [0.1, 0.15) is 0 Å². The molecule has 0 radical (unpaired) electrons. The van der Waals surface area contributed by atoms with Crippen molar-refractivity contribution in [2.24, 2.45) is 0 Å². The fourth-order valence-corrected chi connectivity index (χ4v) is 3.14. The van der Waals surface area contributed by atoms with Crippen LogP contribution in [0.5, 0.6) is 0 Å². The summed E-state index contributed by atoms with van der Waals surface area (Å²) in [4.78, 5) is 16.4. The second kappa shape index (κ2) is 6.89. The first kappa shape index (κ1) is 15.0. The van der Waals surface area contributed by atoms with Crippen LogP contribution in [0.15, 0.2) is 24.3 Å². The molecular formula is C17H26N2O. The van der Waals surface area contributed by atoms with Crippen LogP contribution in [0.2, 0.25) is 0 Å². The Labute approximate surface area is 122 Å². The summed E-state index contributed by atoms with van der Waals surface area (Å²) in [6.45, 7) is 10.5. The van der Waals surface area contributed by atoms with E-state index in [1.807, 2.05) is 18.7 Å². The lowest BCUT2D eigenvalue weighted by molar-refractivity contribution is -0.131. The molecule has 1 aliphatic rings. The van der Waals surface area contributed by atoms with Gasteiger partial charge in [-0.1, -0.05) is 24.3 Å². The first-order chi connectivity index (χ1) is 9.65. The summed E-state index contributed by atoms with van der Waals surface area (Å²) in [7, 11) is 0. The van der Waals surface area contributed by atoms with Gasteiger partial charge in [0.25, 0.3) is 0 Å². The molecular weight excluding hydrogens is 248 g/mol. The van der Waals surface area contributed by atoms with Crippen LogP contribution >= 0.6 is 0 Å². The maximum atomic E-state index is 12.2. The molecule has 3 nitrogen and oxygen atoms in total. The fourth-order valence-electron chi connectivity index (χ4n) is 3.14. The van der Waals surface area contributed by atoms with E-state index in [1.54, 1.807) is 0 Å². The number of carbonyl (C=O) groups is 1. The van der Waals surface area contributed by atoms with Crippen LogP contribution in [0.3, 0.4) is 0 Å². The molecule has 0 spiro atoms. The Morgan fingerprint density at radius 1 is 1.30 bits per heavy atom. The van der Waals surface area contributed by atoms with Gasteiger partial charge in [0.2, 0.25) is 5.91 Å². The van der Waals surface area contributed by atoms with Gasteiger partial charge < -0.3 is 4.90 Å². The third-order valence-electron chi connectivity index (χ3n) is 4.38. The van der Waals surface area contributed by atoms with Gasteiger partial charge in [0.05, 0.1) is 6.54 Å². The first-order valence-corrected chi connectivity index (χ1v) is 7.71. The molecule has 0 N–H and O–H groups in total. The molecule has 1 aromatic rings. The summed E-state index contributed by atoms with van der Waals surface area (Å²) in [5.41, 5.74) is 2.82. The minimum atomic E-state index is 0.264. The summed E-state index contributed by atoms with van der Waals surface area (Å²) in [5, 5.41) is 0. The van der Waals surface area contributed by atoms with Gasteiger partial charge in [-0.3, -0.25) is 9.69 Å². The zero-order valence-corrected chi connectivity index (χ0v) is 12.9. The van der Waals surface area contributed by atoms with E-state index in [0.717, 1.165) is 32.6 Å². The number of hydrogen-bond donors (Lipinski definition) is 0. The second-order valence-corrected chi connectivity index (χ2v) is 5.64. The molecule has 0 saturated carbocycles. The van der Waals surface area contributed by atoms with Crippen LogP contribution in [-0.4, -0.2) is 48.4 Å². The first-order valence-electron chi connectivity index (χ1n) is 7.71. The lowest BCUT2D eigenvalue weighted by Gasteiger charge is -2.23. The largest absolute Gasteiger partial charge is 0.342 e. The van der Waals surface area contributed by atoms with Crippen LogP contribution in [0.1, 0.15) is 37.3 Å². The number of hydrogen-bond acceptors (Lipinski definition) is 2. The third-order valence-corrected chi connectivity index (χ3v) is 4.38. The summed E-state index contributed by atoms with van der Waals surface area (Å²) >= 11 is 0. The van der Waals surface area contributed by atoms with Crippen molar-refractivity contribution in [1.82, 2.24) is 9.80 Å². The SMILES string of the molecule is CCN(CC)C(=O)CN1CCC(c2ccccc2C)C1. The van der Waals surface area contributed by atoms with Crippen molar-refractivity contribution in [3.8, 4) is 0 Å². The number of carbonyl (C=O) groups excluding carboxylic acids is 1. The smallest absolute Gasteiger partial charge is 0.236 e. The molecule has 110 valence electrons. The van der Waals surface area contributed by atoms with Crippen molar-refractivity contribution < 1.29 is 4.79 Å². The maximum Gasteiger partial charge on any atom is 0.236 e. The molecule has 1 aliphatic heterocycles. The number of aryl methyl sites for hydroxylation is 1. The molecule has 0 aliphatic carbocycles. The lowest BCUT2D eigenvalue weighted by Crippen LogP contribution is -2.39. The van der Waals surface area contributed by atoms with Crippen molar-refractivity contribution in [3.05, 3.63) is 35.4 Å². The van der Waals surface area contributed by atoms with Gasteiger partial charge in [-0.2, -0.15) is 0 Å². The predicted molar refractivity (Wildman–Crippen MR) is 82.9 cm³/mol. The molecule has 0 aromatic heterocycles. The molecule has 1 fully saturated rings. The molecule has 2 rings (SSSR count). The van der Waals surface area contributed by atoms with Crippen LogP contribution in [0, 0.1) is 6.92 Å². The van der Waals surface area contributed by atoms with Crippen molar-refractivity contribution >= 4 is 5.91 Å². The monoisotopic (exact) mass is 274 g/mol. The highest BCUT2D eigenvalue weighted by Crippen LogP contribution is 2.29. The van der Waals surface area contributed by atoms with E-state index in [0.29, 0.717) is 12.5 Å². The molecule has 1 aromatic carbocycles. The summed E-state index contributed by atoms with van der Waals surface area (Å²) in [6, 6.07) is 8.62. The summed E-state index contributed by atoms with van der Waals surface area (Å²) in [5.74, 6) is 0.848. The Balaban J connectivity index is 1.93. The number of amides is 1. The highest BCUT2D eigenvalue weighted by Gasteiger charge is 2.26. The highest BCUT2D eigenvalue weighted by molar-refractivity contribution is 5.78. The van der Waals surface area contributed by atoms with Crippen LogP contribution in [0.25, 0.3) is 0 Å². The Kier molecular flexibility index (Phi) is 5.18. The number of likely N-dealkylation sites (N-methyl/N-ethyl adjacent to an activating group) is 1. The number of likely N-dealkylation sites (tertiary alicyclic amines) is 1. The zero-order valence-electron chi connectivity index (χ0n) is 12.9. The van der Waals surface area contributed by atoms with Gasteiger partial charge >= 0.3 is 0 Å². The van der Waals surface area contributed by atoms with Crippen molar-refractivity contribution in [3.63, 3.8) is 0 Å². The van der Waals surface area contributed by atoms with E-state index in [4.69, 9.17) is 0 Å². The quantitative estimate of drug-likeness (QED) is 0.824. The normalized spacial score (nSPS) is 19.2. The standard InChI is InChI=1S/C17H26N2O/c1-4-19(5-2)17(20)13-18-11-10-15(12-18)16-9-7-6-8-14(16)3/h6-9,15H,4-5,10-13H2,1-3H3. The minimum absolute atomic E-state index is 0.264. The van der Waals surface area contributed by atoms with E-state index in [-0.39, 0.29) is 5.91 Å². The van der Waals surface area contributed by atoms with E-state index >= 15 is 0 Å². The Morgan fingerprint density at radius 3 is 2.65 bits per heavy atom. The van der Waals surface area contributed by atoms with E-state index in [1.165, 1.54) is 11.1 Å². The molecule has 20 heavy (non-hydrogen) atoms.